The average Bonchev–Trinajstić information content (AvgIpc) is 2.89. The highest BCUT2D eigenvalue weighted by molar-refractivity contribution is 5.89. The molecule has 0 atom stereocenters. The maximum Gasteiger partial charge on any atom is 0.270 e. The largest absolute Gasteiger partial charge is 0.371 e. The van der Waals surface area contributed by atoms with Gasteiger partial charge in [-0.1, -0.05) is 0 Å². The summed E-state index contributed by atoms with van der Waals surface area (Å²) < 4.78 is 0. The van der Waals surface area contributed by atoms with Gasteiger partial charge in [-0.05, 0) is 18.9 Å². The van der Waals surface area contributed by atoms with E-state index in [1.54, 1.807) is 31.5 Å². The summed E-state index contributed by atoms with van der Waals surface area (Å²) in [6.45, 7) is 2.00. The summed E-state index contributed by atoms with van der Waals surface area (Å²) in [5.41, 5.74) is 4.55. The molecule has 0 spiro atoms. The highest BCUT2D eigenvalue weighted by atomic mass is 16.6. The first kappa shape index (κ1) is 12.3. The van der Waals surface area contributed by atoms with Gasteiger partial charge in [-0.2, -0.15) is 5.10 Å². The number of non-ortho nitro benzene ring substituents is 1. The Labute approximate surface area is 105 Å². The van der Waals surface area contributed by atoms with E-state index in [4.69, 9.17) is 0 Å². The summed E-state index contributed by atoms with van der Waals surface area (Å²) in [7, 11) is 1.70. The quantitative estimate of drug-likeness (QED) is 0.500. The van der Waals surface area contributed by atoms with E-state index < -0.39 is 0 Å². The van der Waals surface area contributed by atoms with Crippen LogP contribution in [0.2, 0.25) is 0 Å². The zero-order valence-corrected chi connectivity index (χ0v) is 10.3. The van der Waals surface area contributed by atoms with Gasteiger partial charge in [0.2, 0.25) is 0 Å². The van der Waals surface area contributed by atoms with Crippen molar-refractivity contribution in [2.24, 2.45) is 5.10 Å². The van der Waals surface area contributed by atoms with E-state index >= 15 is 0 Å². The molecule has 0 unspecified atom stereocenters. The molecular formula is C12H16N4O2. The van der Waals surface area contributed by atoms with Gasteiger partial charge >= 0.3 is 0 Å². The van der Waals surface area contributed by atoms with E-state index in [1.165, 1.54) is 12.8 Å². The maximum absolute atomic E-state index is 10.8. The van der Waals surface area contributed by atoms with Crippen LogP contribution in [0.1, 0.15) is 18.4 Å². The number of rotatable bonds is 4. The third-order valence-corrected chi connectivity index (χ3v) is 3.00. The summed E-state index contributed by atoms with van der Waals surface area (Å²) in [6, 6.07) is 4.92. The first-order valence-electron chi connectivity index (χ1n) is 5.95. The number of nitro benzene ring substituents is 1. The molecule has 6 nitrogen and oxygen atoms in total. The van der Waals surface area contributed by atoms with E-state index in [9.17, 15) is 10.1 Å². The lowest BCUT2D eigenvalue weighted by Gasteiger charge is -2.19. The summed E-state index contributed by atoms with van der Waals surface area (Å²) >= 11 is 0. The molecule has 1 aliphatic heterocycles. The van der Waals surface area contributed by atoms with Crippen LogP contribution in [0.4, 0.5) is 11.4 Å². The van der Waals surface area contributed by atoms with Gasteiger partial charge in [0.25, 0.3) is 5.69 Å². The van der Waals surface area contributed by atoms with Crippen LogP contribution in [0.25, 0.3) is 0 Å². The second-order valence-electron chi connectivity index (χ2n) is 4.18. The van der Waals surface area contributed by atoms with Gasteiger partial charge in [0.15, 0.2) is 0 Å². The Hall–Kier alpha value is -2.11. The molecule has 1 N–H and O–H groups in total. The van der Waals surface area contributed by atoms with Crippen molar-refractivity contribution < 1.29 is 4.92 Å². The molecule has 0 aliphatic carbocycles. The van der Waals surface area contributed by atoms with Gasteiger partial charge in [0.05, 0.1) is 11.1 Å². The fraction of sp³-hybridized carbons (Fsp3) is 0.417. The first-order chi connectivity index (χ1) is 8.72. The number of benzene rings is 1. The van der Waals surface area contributed by atoms with Crippen LogP contribution in [-0.2, 0) is 0 Å². The van der Waals surface area contributed by atoms with E-state index in [-0.39, 0.29) is 10.6 Å². The minimum atomic E-state index is -0.384. The molecule has 1 aliphatic rings. The Morgan fingerprint density at radius 2 is 2.17 bits per heavy atom. The predicted molar refractivity (Wildman–Crippen MR) is 71.2 cm³/mol. The topological polar surface area (TPSA) is 70.8 Å². The zero-order chi connectivity index (χ0) is 13.0. The van der Waals surface area contributed by atoms with Crippen molar-refractivity contribution in [3.8, 4) is 0 Å². The maximum atomic E-state index is 10.8. The fourth-order valence-electron chi connectivity index (χ4n) is 2.14. The van der Waals surface area contributed by atoms with E-state index in [2.05, 4.69) is 15.4 Å². The van der Waals surface area contributed by atoms with E-state index in [0.717, 1.165) is 24.3 Å². The van der Waals surface area contributed by atoms with Crippen molar-refractivity contribution >= 4 is 17.6 Å². The summed E-state index contributed by atoms with van der Waals surface area (Å²) in [5.74, 6) is 0. The zero-order valence-electron chi connectivity index (χ0n) is 10.3. The van der Waals surface area contributed by atoms with Crippen LogP contribution in [0.15, 0.2) is 23.3 Å². The molecule has 0 aromatic heterocycles. The molecule has 1 heterocycles. The molecule has 2 rings (SSSR count). The smallest absolute Gasteiger partial charge is 0.270 e. The molecule has 0 amide bonds. The van der Waals surface area contributed by atoms with Crippen molar-refractivity contribution in [1.29, 1.82) is 0 Å². The van der Waals surface area contributed by atoms with Crippen LogP contribution in [0.5, 0.6) is 0 Å². The van der Waals surface area contributed by atoms with Crippen LogP contribution < -0.4 is 10.3 Å². The van der Waals surface area contributed by atoms with E-state index in [0.29, 0.717) is 0 Å². The fourth-order valence-corrected chi connectivity index (χ4v) is 2.14. The first-order valence-corrected chi connectivity index (χ1v) is 5.95. The average molecular weight is 248 g/mol. The van der Waals surface area contributed by atoms with Gasteiger partial charge < -0.3 is 10.3 Å². The van der Waals surface area contributed by atoms with Crippen molar-refractivity contribution in [1.82, 2.24) is 5.43 Å². The van der Waals surface area contributed by atoms with Crippen LogP contribution in [0, 0.1) is 10.1 Å². The van der Waals surface area contributed by atoms with Crippen molar-refractivity contribution in [3.63, 3.8) is 0 Å². The molecule has 6 heteroatoms. The summed E-state index contributed by atoms with van der Waals surface area (Å²) in [6.07, 6.45) is 3.96. The highest BCUT2D eigenvalue weighted by Crippen LogP contribution is 2.27. The van der Waals surface area contributed by atoms with Gasteiger partial charge in [0.1, 0.15) is 0 Å². The number of hydrogen-bond donors (Lipinski definition) is 1. The number of anilines is 1. The predicted octanol–water partition coefficient (Wildman–Crippen LogP) is 1.75. The number of nitrogens with zero attached hydrogens (tertiary/aromatic N) is 3. The molecule has 1 fully saturated rings. The molecule has 1 saturated heterocycles. The minimum absolute atomic E-state index is 0.0931. The monoisotopic (exact) mass is 248 g/mol. The normalized spacial score (nSPS) is 15.3. The van der Waals surface area contributed by atoms with Crippen molar-refractivity contribution in [2.45, 2.75) is 12.8 Å². The molecule has 18 heavy (non-hydrogen) atoms. The third-order valence-electron chi connectivity index (χ3n) is 3.00. The van der Waals surface area contributed by atoms with E-state index in [1.807, 2.05) is 0 Å². The van der Waals surface area contributed by atoms with Gasteiger partial charge in [-0.3, -0.25) is 10.1 Å². The van der Waals surface area contributed by atoms with Crippen LogP contribution >= 0.6 is 0 Å². The molecule has 1 aromatic carbocycles. The van der Waals surface area contributed by atoms with Gasteiger partial charge in [-0.15, -0.1) is 0 Å². The Morgan fingerprint density at radius 3 is 2.78 bits per heavy atom. The van der Waals surface area contributed by atoms with Crippen molar-refractivity contribution in [3.05, 3.63) is 33.9 Å². The molecule has 0 radical (unpaired) electrons. The van der Waals surface area contributed by atoms with Gasteiger partial charge in [0, 0.05) is 43.5 Å². The summed E-state index contributed by atoms with van der Waals surface area (Å²) in [4.78, 5) is 12.6. The number of nitro groups is 1. The highest BCUT2D eigenvalue weighted by Gasteiger charge is 2.17. The Morgan fingerprint density at radius 1 is 1.44 bits per heavy atom. The third kappa shape index (κ3) is 2.58. The minimum Gasteiger partial charge on any atom is -0.371 e. The lowest BCUT2D eigenvalue weighted by molar-refractivity contribution is -0.384. The molecule has 1 aromatic rings. The summed E-state index contributed by atoms with van der Waals surface area (Å²) in [5, 5.41) is 14.7. The van der Waals surface area contributed by atoms with Crippen LogP contribution in [0.3, 0.4) is 0 Å². The Balaban J connectivity index is 2.37. The Kier molecular flexibility index (Phi) is 3.76. The molecule has 0 bridgehead atoms. The van der Waals surface area contributed by atoms with Crippen LogP contribution in [-0.4, -0.2) is 31.3 Å². The lowest BCUT2D eigenvalue weighted by atomic mass is 10.1. The molecular weight excluding hydrogens is 232 g/mol. The molecule has 96 valence electrons. The standard InChI is InChI=1S/C12H16N4O2/c1-13-14-9-10-8-11(16(17)18)4-5-12(10)15-6-2-3-7-15/h4-5,8-9,13H,2-3,6-7H2,1H3/b14-9-. The second-order valence-corrected chi connectivity index (χ2v) is 4.18. The van der Waals surface area contributed by atoms with Gasteiger partial charge in [-0.25, -0.2) is 0 Å². The SMILES string of the molecule is CN/N=C\c1cc([N+](=O)[O-])ccc1N1CCCC1. The second kappa shape index (κ2) is 5.48. The van der Waals surface area contributed by atoms with Crippen molar-refractivity contribution in [2.75, 3.05) is 25.0 Å². The number of hydrogen-bond acceptors (Lipinski definition) is 5. The lowest BCUT2D eigenvalue weighted by Crippen LogP contribution is -2.19. The number of hydrazone groups is 1. The molecule has 0 saturated carbocycles. The number of nitrogens with one attached hydrogen (secondary N) is 1. The Bertz CT molecular complexity index is 467.